The van der Waals surface area contributed by atoms with Crippen LogP contribution < -0.4 is 4.92 Å². The van der Waals surface area contributed by atoms with Crippen molar-refractivity contribution < 1.29 is 0 Å². The van der Waals surface area contributed by atoms with Gasteiger partial charge in [0, 0.05) is 0 Å². The van der Waals surface area contributed by atoms with Crippen LogP contribution in [0.15, 0.2) is 53.8 Å². The molecule has 0 saturated heterocycles. The van der Waals surface area contributed by atoms with Gasteiger partial charge in [0.15, 0.2) is 0 Å². The molecule has 0 aliphatic heterocycles. The normalized spacial score (nSPS) is 15.3. The Morgan fingerprint density at radius 1 is 0.955 bits per heavy atom. The van der Waals surface area contributed by atoms with E-state index in [-0.39, 0.29) is 7.53 Å². The summed E-state index contributed by atoms with van der Waals surface area (Å²) in [7, 11) is -1.86. The third-order valence-electron chi connectivity index (χ3n) is 5.20. The van der Waals surface area contributed by atoms with Crippen molar-refractivity contribution in [2.24, 2.45) is 0 Å². The van der Waals surface area contributed by atoms with Crippen molar-refractivity contribution >= 4 is 20.5 Å². The molecule has 0 fully saturated rings. The summed E-state index contributed by atoms with van der Waals surface area (Å²) in [6.07, 6.45) is 8.10. The molecular weight excluding hydrogens is 299 g/mol. The second-order valence-electron chi connectivity index (χ2n) is 6.80. The molecule has 0 bridgehead atoms. The summed E-state index contributed by atoms with van der Waals surface area (Å²) in [6.45, 7) is 12.1. The Bertz CT molecular complexity index is 761. The average Bonchev–Trinajstić information content (AvgIpc) is 3.12. The van der Waals surface area contributed by atoms with E-state index in [0.717, 1.165) is 6.42 Å². The van der Waals surface area contributed by atoms with Gasteiger partial charge in [-0.15, -0.1) is 0 Å². The second kappa shape index (κ2) is 5.72. The molecule has 0 nitrogen and oxygen atoms in total. The zero-order valence-electron chi connectivity index (χ0n) is 14.3. The molecule has 0 spiro atoms. The Hall–Kier alpha value is -1.30. The maximum atomic E-state index is 2.55. The highest BCUT2D eigenvalue weighted by atomic mass is 31.1. The van der Waals surface area contributed by atoms with E-state index < -0.39 is 8.07 Å². The molecule has 1 aliphatic carbocycles. The highest BCUT2D eigenvalue weighted by Crippen LogP contribution is 2.47. The van der Waals surface area contributed by atoms with E-state index in [9.17, 15) is 0 Å². The van der Waals surface area contributed by atoms with Crippen LogP contribution in [0.2, 0.25) is 13.1 Å². The van der Waals surface area contributed by atoms with Crippen LogP contribution in [0.25, 0.3) is 5.30 Å². The average molecular weight is 324 g/mol. The molecule has 3 rings (SSSR count). The van der Waals surface area contributed by atoms with Crippen LogP contribution in [0.4, 0.5) is 0 Å². The third-order valence-corrected chi connectivity index (χ3v) is 13.7. The molecule has 2 aromatic rings. The van der Waals surface area contributed by atoms with E-state index in [1.54, 1.807) is 21.0 Å². The Kier molecular flexibility index (Phi) is 4.05. The van der Waals surface area contributed by atoms with Gasteiger partial charge in [-0.2, -0.15) is 0 Å². The maximum Gasteiger partial charge on any atom is 0.113 e. The molecule has 114 valence electrons. The Labute approximate surface area is 136 Å². The van der Waals surface area contributed by atoms with E-state index in [2.05, 4.69) is 82.4 Å². The lowest BCUT2D eigenvalue weighted by atomic mass is 10.2. The lowest BCUT2D eigenvalue weighted by Crippen LogP contribution is -2.43. The standard InChI is InChI=1S/C20H25PSi/c1-15-16(2)20(22(4,5)19-13-9-10-14-19)21(17(15)3)18-11-7-6-8-12-18/h6-13H,14H2,1-5H3. The summed E-state index contributed by atoms with van der Waals surface area (Å²) in [5.74, 6) is 0. The van der Waals surface area contributed by atoms with Gasteiger partial charge in [0.2, 0.25) is 0 Å². The largest absolute Gasteiger partial charge is 0.113 e. The van der Waals surface area contributed by atoms with E-state index in [4.69, 9.17) is 0 Å². The fourth-order valence-corrected chi connectivity index (χ4v) is 12.2. The maximum absolute atomic E-state index is 2.55. The monoisotopic (exact) mass is 324 g/mol. The summed E-state index contributed by atoms with van der Waals surface area (Å²) in [6, 6.07) is 11.2. The van der Waals surface area contributed by atoms with Crippen molar-refractivity contribution in [1.82, 2.24) is 0 Å². The minimum atomic E-state index is -1.56. The first-order valence-corrected chi connectivity index (χ1v) is 12.4. The van der Waals surface area contributed by atoms with Crippen LogP contribution in [0, 0.1) is 20.8 Å². The highest BCUT2D eigenvalue weighted by molar-refractivity contribution is 7.65. The lowest BCUT2D eigenvalue weighted by molar-refractivity contribution is 1.34. The van der Waals surface area contributed by atoms with E-state index in [0.29, 0.717) is 0 Å². The van der Waals surface area contributed by atoms with Crippen LogP contribution in [0.3, 0.4) is 0 Å². The summed E-state index contributed by atoms with van der Waals surface area (Å²) in [5.41, 5.74) is 3.12. The van der Waals surface area contributed by atoms with Crippen molar-refractivity contribution in [1.29, 1.82) is 0 Å². The Morgan fingerprint density at radius 3 is 2.23 bits per heavy atom. The second-order valence-corrected chi connectivity index (χ2v) is 13.9. The molecule has 2 heteroatoms. The van der Waals surface area contributed by atoms with Crippen molar-refractivity contribution in [3.8, 4) is 5.30 Å². The Balaban J connectivity index is 2.26. The van der Waals surface area contributed by atoms with Crippen molar-refractivity contribution in [3.63, 3.8) is 0 Å². The molecule has 22 heavy (non-hydrogen) atoms. The molecule has 0 radical (unpaired) electrons. The van der Waals surface area contributed by atoms with Gasteiger partial charge in [0.25, 0.3) is 0 Å². The van der Waals surface area contributed by atoms with Crippen molar-refractivity contribution in [2.75, 3.05) is 0 Å². The van der Waals surface area contributed by atoms with Gasteiger partial charge in [-0.3, -0.25) is 0 Å². The molecule has 1 aromatic heterocycles. The first-order chi connectivity index (χ1) is 10.4. The molecule has 1 aromatic carbocycles. The first kappa shape index (κ1) is 15.6. The van der Waals surface area contributed by atoms with Gasteiger partial charge in [-0.05, 0) is 53.8 Å². The zero-order valence-corrected chi connectivity index (χ0v) is 16.2. The summed E-state index contributed by atoms with van der Waals surface area (Å²) < 4.78 is 0. The van der Waals surface area contributed by atoms with Gasteiger partial charge in [0.1, 0.15) is 8.07 Å². The van der Waals surface area contributed by atoms with Gasteiger partial charge in [0.05, 0.1) is 0 Å². The third kappa shape index (κ3) is 2.37. The molecule has 1 unspecified atom stereocenters. The van der Waals surface area contributed by atoms with Gasteiger partial charge < -0.3 is 0 Å². The topological polar surface area (TPSA) is 0 Å². The molecule has 1 aliphatic rings. The number of benzene rings is 1. The van der Waals surface area contributed by atoms with Gasteiger partial charge in [-0.1, -0.05) is 74.4 Å². The van der Waals surface area contributed by atoms with Crippen LogP contribution in [-0.4, -0.2) is 8.07 Å². The van der Waals surface area contributed by atoms with E-state index in [1.165, 1.54) is 10.9 Å². The minimum absolute atomic E-state index is 0.295. The Morgan fingerprint density at radius 2 is 1.64 bits per heavy atom. The molecule has 0 N–H and O–H groups in total. The van der Waals surface area contributed by atoms with E-state index in [1.807, 2.05) is 0 Å². The van der Waals surface area contributed by atoms with Crippen LogP contribution in [0.1, 0.15) is 22.8 Å². The number of hydrogen-bond acceptors (Lipinski definition) is 0. The predicted molar refractivity (Wildman–Crippen MR) is 104 cm³/mol. The molecule has 1 atom stereocenters. The zero-order chi connectivity index (χ0) is 15.9. The smallest absolute Gasteiger partial charge is 0.0903 e. The highest BCUT2D eigenvalue weighted by Gasteiger charge is 2.35. The summed E-state index contributed by atoms with van der Waals surface area (Å²) in [4.78, 5) is 1.79. The van der Waals surface area contributed by atoms with Crippen molar-refractivity contribution in [2.45, 2.75) is 40.3 Å². The predicted octanol–water partition coefficient (Wildman–Crippen LogP) is 5.93. The quantitative estimate of drug-likeness (QED) is 0.614. The van der Waals surface area contributed by atoms with Gasteiger partial charge in [-0.25, -0.2) is 0 Å². The first-order valence-electron chi connectivity index (χ1n) is 8.05. The minimum Gasteiger partial charge on any atom is -0.0903 e. The van der Waals surface area contributed by atoms with Crippen molar-refractivity contribution in [3.05, 3.63) is 70.2 Å². The van der Waals surface area contributed by atoms with Crippen LogP contribution >= 0.6 is 7.53 Å². The SMILES string of the molecule is Cc1c(C)c([Si](C)(C)C2=CC=CC2)p(-c2ccccc2)c1C. The molecule has 1 heterocycles. The molecule has 0 amide bonds. The van der Waals surface area contributed by atoms with Gasteiger partial charge >= 0.3 is 0 Å². The summed E-state index contributed by atoms with van der Waals surface area (Å²) >= 11 is 0. The van der Waals surface area contributed by atoms with Crippen LogP contribution in [0.5, 0.6) is 0 Å². The number of rotatable bonds is 3. The summed E-state index contributed by atoms with van der Waals surface area (Å²) in [5, 5.41) is 4.82. The number of allylic oxidation sites excluding steroid dienone is 4. The molecule has 0 saturated carbocycles. The molecular formula is C20H25PSi. The number of hydrogen-bond donors (Lipinski definition) is 0. The fourth-order valence-electron chi connectivity index (χ4n) is 3.66. The van der Waals surface area contributed by atoms with E-state index >= 15 is 0 Å². The lowest BCUT2D eigenvalue weighted by Gasteiger charge is -2.27. The fraction of sp³-hybridized carbons (Fsp3) is 0.300. The van der Waals surface area contributed by atoms with Crippen LogP contribution in [-0.2, 0) is 0 Å².